The fraction of sp³-hybridized carbons (Fsp3) is 0.667. The van der Waals surface area contributed by atoms with Gasteiger partial charge in [-0.05, 0) is 57.7 Å². The minimum atomic E-state index is 0.119. The molecule has 0 saturated carbocycles. The molecule has 0 amide bonds. The zero-order valence-electron chi connectivity index (χ0n) is 14.6. The summed E-state index contributed by atoms with van der Waals surface area (Å²) in [6.07, 6.45) is 1.17. The van der Waals surface area contributed by atoms with Gasteiger partial charge in [-0.25, -0.2) is 0 Å². The summed E-state index contributed by atoms with van der Waals surface area (Å²) in [7, 11) is 2.13. The van der Waals surface area contributed by atoms with Crippen LogP contribution in [-0.4, -0.2) is 18.6 Å². The third-order valence-electron chi connectivity index (χ3n) is 3.69. The van der Waals surface area contributed by atoms with Crippen LogP contribution >= 0.6 is 11.6 Å². The molecule has 0 aliphatic carbocycles. The second-order valence-electron chi connectivity index (χ2n) is 7.48. The van der Waals surface area contributed by atoms with Gasteiger partial charge >= 0.3 is 0 Å². The van der Waals surface area contributed by atoms with Crippen LogP contribution in [0.2, 0.25) is 5.02 Å². The smallest absolute Gasteiger partial charge is 0.0642 e. The summed E-state index contributed by atoms with van der Waals surface area (Å²) in [5.41, 5.74) is 2.46. The molecule has 2 nitrogen and oxygen atoms in total. The van der Waals surface area contributed by atoms with Crippen molar-refractivity contribution in [2.75, 3.05) is 11.9 Å². The molecule has 1 rings (SSSR count). The van der Waals surface area contributed by atoms with E-state index in [4.69, 9.17) is 11.6 Å². The summed E-state index contributed by atoms with van der Waals surface area (Å²) in [6, 6.07) is 6.87. The first-order valence-corrected chi connectivity index (χ1v) is 8.24. The van der Waals surface area contributed by atoms with Gasteiger partial charge < -0.3 is 10.2 Å². The Hall–Kier alpha value is -0.730. The van der Waals surface area contributed by atoms with Crippen LogP contribution in [0.5, 0.6) is 0 Å². The zero-order chi connectivity index (χ0) is 16.2. The van der Waals surface area contributed by atoms with Gasteiger partial charge in [0.05, 0.1) is 10.7 Å². The Morgan fingerprint density at radius 3 is 2.29 bits per heavy atom. The molecule has 1 N–H and O–H groups in total. The molecule has 0 heterocycles. The Kier molecular flexibility index (Phi) is 6.55. The largest absolute Gasteiger partial charge is 0.371 e. The first-order valence-electron chi connectivity index (χ1n) is 7.86. The highest BCUT2D eigenvalue weighted by Gasteiger charge is 2.15. The van der Waals surface area contributed by atoms with Gasteiger partial charge in [0, 0.05) is 25.2 Å². The number of nitrogens with one attached hydrogen (secondary N) is 1. The van der Waals surface area contributed by atoms with Crippen molar-refractivity contribution >= 4 is 17.3 Å². The number of hydrogen-bond acceptors (Lipinski definition) is 2. The Labute approximate surface area is 135 Å². The van der Waals surface area contributed by atoms with E-state index in [1.165, 1.54) is 12.0 Å². The molecular formula is C18H31ClN2. The lowest BCUT2D eigenvalue weighted by atomic mass is 10.0. The molecular weight excluding hydrogens is 280 g/mol. The Morgan fingerprint density at radius 1 is 1.19 bits per heavy atom. The molecule has 0 aromatic heterocycles. The monoisotopic (exact) mass is 310 g/mol. The molecule has 0 saturated heterocycles. The number of hydrogen-bond donors (Lipinski definition) is 1. The second kappa shape index (κ2) is 7.51. The molecule has 120 valence electrons. The number of rotatable bonds is 6. The van der Waals surface area contributed by atoms with Crippen molar-refractivity contribution in [3.63, 3.8) is 0 Å². The standard InChI is InChI=1S/C18H31ClN2/c1-13(2)10-14(3)21(7)17-9-8-15(11-16(17)19)12-20-18(4,5)6/h8-9,11,13-14,20H,10,12H2,1-7H3. The highest BCUT2D eigenvalue weighted by atomic mass is 35.5. The van der Waals surface area contributed by atoms with Crippen LogP contribution in [0, 0.1) is 5.92 Å². The summed E-state index contributed by atoms with van der Waals surface area (Å²) in [4.78, 5) is 2.28. The molecule has 0 spiro atoms. The summed E-state index contributed by atoms with van der Waals surface area (Å²) in [5, 5.41) is 4.33. The highest BCUT2D eigenvalue weighted by Crippen LogP contribution is 2.28. The molecule has 1 atom stereocenters. The Bertz CT molecular complexity index is 449. The van der Waals surface area contributed by atoms with Gasteiger partial charge in [0.15, 0.2) is 0 Å². The maximum Gasteiger partial charge on any atom is 0.0642 e. The molecule has 0 bridgehead atoms. The molecule has 0 aliphatic heterocycles. The van der Waals surface area contributed by atoms with E-state index in [9.17, 15) is 0 Å². The lowest BCUT2D eigenvalue weighted by Crippen LogP contribution is -2.35. The SMILES string of the molecule is CC(C)CC(C)N(C)c1ccc(CNC(C)(C)C)cc1Cl. The number of benzene rings is 1. The van der Waals surface area contributed by atoms with E-state index in [2.05, 4.69) is 77.0 Å². The van der Waals surface area contributed by atoms with Crippen LogP contribution in [0.25, 0.3) is 0 Å². The Morgan fingerprint density at radius 2 is 1.81 bits per heavy atom. The van der Waals surface area contributed by atoms with Crippen LogP contribution in [-0.2, 0) is 6.54 Å². The predicted octanol–water partition coefficient (Wildman–Crippen LogP) is 5.10. The zero-order valence-corrected chi connectivity index (χ0v) is 15.4. The van der Waals surface area contributed by atoms with Crippen molar-refractivity contribution in [1.82, 2.24) is 5.32 Å². The van der Waals surface area contributed by atoms with E-state index in [1.807, 2.05) is 0 Å². The van der Waals surface area contributed by atoms with Crippen molar-refractivity contribution in [2.24, 2.45) is 5.92 Å². The van der Waals surface area contributed by atoms with Gasteiger partial charge in [-0.15, -0.1) is 0 Å². The molecule has 1 unspecified atom stereocenters. The van der Waals surface area contributed by atoms with Gasteiger partial charge in [-0.2, -0.15) is 0 Å². The first-order chi connectivity index (χ1) is 9.60. The second-order valence-corrected chi connectivity index (χ2v) is 7.89. The molecule has 0 fully saturated rings. The van der Waals surface area contributed by atoms with Crippen molar-refractivity contribution in [1.29, 1.82) is 0 Å². The maximum atomic E-state index is 6.49. The number of nitrogens with zero attached hydrogens (tertiary/aromatic N) is 1. The van der Waals surface area contributed by atoms with Crippen molar-refractivity contribution in [3.05, 3.63) is 28.8 Å². The molecule has 1 aromatic carbocycles. The summed E-state index contributed by atoms with van der Waals surface area (Å²) >= 11 is 6.49. The minimum absolute atomic E-state index is 0.119. The summed E-state index contributed by atoms with van der Waals surface area (Å²) in [6.45, 7) is 14.1. The van der Waals surface area contributed by atoms with Gasteiger partial charge in [0.1, 0.15) is 0 Å². The van der Waals surface area contributed by atoms with E-state index < -0.39 is 0 Å². The fourth-order valence-electron chi connectivity index (χ4n) is 2.39. The number of halogens is 1. The lowest BCUT2D eigenvalue weighted by Gasteiger charge is -2.29. The lowest BCUT2D eigenvalue weighted by molar-refractivity contribution is 0.424. The van der Waals surface area contributed by atoms with Crippen LogP contribution in [0.1, 0.15) is 53.5 Å². The van der Waals surface area contributed by atoms with E-state index in [1.54, 1.807) is 0 Å². The topological polar surface area (TPSA) is 15.3 Å². The molecule has 21 heavy (non-hydrogen) atoms. The van der Waals surface area contributed by atoms with Crippen LogP contribution < -0.4 is 10.2 Å². The average Bonchev–Trinajstić information content (AvgIpc) is 2.34. The van der Waals surface area contributed by atoms with Crippen LogP contribution in [0.3, 0.4) is 0 Å². The molecule has 0 radical (unpaired) electrons. The maximum absolute atomic E-state index is 6.49. The third kappa shape index (κ3) is 6.27. The quantitative estimate of drug-likeness (QED) is 0.786. The van der Waals surface area contributed by atoms with E-state index in [0.29, 0.717) is 12.0 Å². The Balaban J connectivity index is 2.78. The van der Waals surface area contributed by atoms with Gasteiger partial charge in [0.2, 0.25) is 0 Å². The highest BCUT2D eigenvalue weighted by molar-refractivity contribution is 6.33. The van der Waals surface area contributed by atoms with Gasteiger partial charge in [-0.1, -0.05) is 31.5 Å². The van der Waals surface area contributed by atoms with Gasteiger partial charge in [0.25, 0.3) is 0 Å². The van der Waals surface area contributed by atoms with E-state index >= 15 is 0 Å². The average molecular weight is 311 g/mol. The summed E-state index contributed by atoms with van der Waals surface area (Å²) < 4.78 is 0. The summed E-state index contributed by atoms with van der Waals surface area (Å²) in [5.74, 6) is 0.691. The molecule has 0 aliphatic rings. The molecule has 3 heteroatoms. The number of anilines is 1. The van der Waals surface area contributed by atoms with Crippen LogP contribution in [0.4, 0.5) is 5.69 Å². The predicted molar refractivity (Wildman–Crippen MR) is 95.4 cm³/mol. The molecule has 1 aromatic rings. The van der Waals surface area contributed by atoms with E-state index in [0.717, 1.165) is 17.3 Å². The van der Waals surface area contributed by atoms with Crippen molar-refractivity contribution in [2.45, 2.75) is 66.1 Å². The third-order valence-corrected chi connectivity index (χ3v) is 3.99. The van der Waals surface area contributed by atoms with Crippen molar-refractivity contribution < 1.29 is 0 Å². The van der Waals surface area contributed by atoms with E-state index in [-0.39, 0.29) is 5.54 Å². The van der Waals surface area contributed by atoms with Crippen LogP contribution in [0.15, 0.2) is 18.2 Å². The fourth-order valence-corrected chi connectivity index (χ4v) is 2.73. The normalized spacial score (nSPS) is 13.6. The first kappa shape index (κ1) is 18.3. The van der Waals surface area contributed by atoms with Gasteiger partial charge in [-0.3, -0.25) is 0 Å². The minimum Gasteiger partial charge on any atom is -0.371 e. The van der Waals surface area contributed by atoms with Crippen molar-refractivity contribution in [3.8, 4) is 0 Å².